The van der Waals surface area contributed by atoms with Crippen LogP contribution in [0.25, 0.3) is 0 Å². The summed E-state index contributed by atoms with van der Waals surface area (Å²) in [5, 5.41) is 10.2. The van der Waals surface area contributed by atoms with Gasteiger partial charge < -0.3 is 20.9 Å². The summed E-state index contributed by atoms with van der Waals surface area (Å²) < 4.78 is 0. The molecule has 0 saturated carbocycles. The highest BCUT2D eigenvalue weighted by atomic mass is 127. The number of halogens is 2. The first kappa shape index (κ1) is 23.3. The lowest BCUT2D eigenvalue weighted by Gasteiger charge is -2.20. The number of benzene rings is 2. The van der Waals surface area contributed by atoms with Crippen molar-refractivity contribution in [3.63, 3.8) is 0 Å². The van der Waals surface area contributed by atoms with Crippen LogP contribution in [0.4, 0.5) is 5.69 Å². The Morgan fingerprint density at radius 3 is 2.66 bits per heavy atom. The lowest BCUT2D eigenvalue weighted by Crippen LogP contribution is -2.44. The molecular formula is C21H27ClIN5O. The van der Waals surface area contributed by atoms with Gasteiger partial charge in [0.15, 0.2) is 5.96 Å². The summed E-state index contributed by atoms with van der Waals surface area (Å²) in [6.07, 6.45) is 1.04. The molecule has 29 heavy (non-hydrogen) atoms. The van der Waals surface area contributed by atoms with E-state index in [9.17, 15) is 4.79 Å². The fraction of sp³-hybridized carbons (Fsp3) is 0.333. The van der Waals surface area contributed by atoms with Gasteiger partial charge in [0.05, 0.1) is 0 Å². The summed E-state index contributed by atoms with van der Waals surface area (Å²) >= 11 is 6.11. The molecule has 0 spiro atoms. The zero-order valence-electron chi connectivity index (χ0n) is 16.6. The van der Waals surface area contributed by atoms with Crippen molar-refractivity contribution < 1.29 is 4.79 Å². The van der Waals surface area contributed by atoms with Crippen molar-refractivity contribution in [3.05, 3.63) is 64.7 Å². The van der Waals surface area contributed by atoms with Crippen molar-refractivity contribution in [1.29, 1.82) is 0 Å². The van der Waals surface area contributed by atoms with Crippen molar-refractivity contribution in [2.24, 2.45) is 4.99 Å². The molecular weight excluding hydrogens is 501 g/mol. The van der Waals surface area contributed by atoms with Crippen LogP contribution in [0.3, 0.4) is 0 Å². The van der Waals surface area contributed by atoms with Gasteiger partial charge in [-0.2, -0.15) is 0 Å². The third-order valence-electron chi connectivity index (χ3n) is 4.83. The van der Waals surface area contributed by atoms with Crippen molar-refractivity contribution in [2.45, 2.75) is 19.0 Å². The molecule has 6 nitrogen and oxygen atoms in total. The van der Waals surface area contributed by atoms with E-state index < -0.39 is 0 Å². The Labute approximate surface area is 194 Å². The number of anilines is 1. The number of hydrogen-bond donors (Lipinski definition) is 3. The molecule has 0 radical (unpaired) electrons. The van der Waals surface area contributed by atoms with Gasteiger partial charge in [-0.3, -0.25) is 9.79 Å². The van der Waals surface area contributed by atoms with E-state index in [1.807, 2.05) is 42.5 Å². The van der Waals surface area contributed by atoms with Crippen molar-refractivity contribution in [3.8, 4) is 0 Å². The summed E-state index contributed by atoms with van der Waals surface area (Å²) in [5.74, 6) is 0.691. The molecule has 2 aromatic rings. The fourth-order valence-corrected chi connectivity index (χ4v) is 3.46. The van der Waals surface area contributed by atoms with Crippen LogP contribution in [0.1, 0.15) is 22.3 Å². The third kappa shape index (κ3) is 6.50. The highest BCUT2D eigenvalue weighted by Crippen LogP contribution is 2.23. The van der Waals surface area contributed by atoms with E-state index in [0.29, 0.717) is 18.2 Å². The van der Waals surface area contributed by atoms with Crippen molar-refractivity contribution in [1.82, 2.24) is 16.0 Å². The second-order valence-corrected chi connectivity index (χ2v) is 7.19. The number of carbonyl (C=O) groups is 1. The quantitative estimate of drug-likeness (QED) is 0.317. The predicted molar refractivity (Wildman–Crippen MR) is 131 cm³/mol. The van der Waals surface area contributed by atoms with E-state index >= 15 is 0 Å². The molecule has 3 rings (SSSR count). The van der Waals surface area contributed by atoms with E-state index in [0.717, 1.165) is 41.7 Å². The monoisotopic (exact) mass is 527 g/mol. The van der Waals surface area contributed by atoms with Crippen LogP contribution in [0.5, 0.6) is 0 Å². The molecule has 1 amide bonds. The summed E-state index contributed by atoms with van der Waals surface area (Å²) in [4.78, 5) is 18.3. The van der Waals surface area contributed by atoms with Crippen LogP contribution >= 0.6 is 35.6 Å². The smallest absolute Gasteiger partial charge is 0.251 e. The molecule has 0 bridgehead atoms. The van der Waals surface area contributed by atoms with Gasteiger partial charge in [-0.1, -0.05) is 29.8 Å². The highest BCUT2D eigenvalue weighted by molar-refractivity contribution is 14.0. The SMILES string of the molecule is CN=C(NCc1ccc(C(=O)NC)cc1)NC1CCN(c2cccc(Cl)c2)C1.I. The normalized spacial score (nSPS) is 16.2. The first-order valence-corrected chi connectivity index (χ1v) is 9.75. The second kappa shape index (κ2) is 11.3. The Balaban J connectivity index is 0.00000300. The molecule has 1 aliphatic heterocycles. The number of aliphatic imine (C=N–C) groups is 1. The Kier molecular flexibility index (Phi) is 9.03. The molecule has 1 fully saturated rings. The first-order valence-electron chi connectivity index (χ1n) is 9.38. The minimum atomic E-state index is -0.0810. The average molecular weight is 528 g/mol. The van der Waals surface area contributed by atoms with E-state index in [1.165, 1.54) is 0 Å². The van der Waals surface area contributed by atoms with Gasteiger partial charge in [-0.25, -0.2) is 0 Å². The van der Waals surface area contributed by atoms with Crippen LogP contribution < -0.4 is 20.9 Å². The topological polar surface area (TPSA) is 68.8 Å². The van der Waals surface area contributed by atoms with E-state index in [1.54, 1.807) is 14.1 Å². The molecule has 2 aromatic carbocycles. The largest absolute Gasteiger partial charge is 0.369 e. The van der Waals surface area contributed by atoms with Gasteiger partial charge in [0.25, 0.3) is 5.91 Å². The van der Waals surface area contributed by atoms with Gasteiger partial charge in [0.2, 0.25) is 0 Å². The van der Waals surface area contributed by atoms with Gasteiger partial charge in [0, 0.05) is 56.0 Å². The number of carbonyl (C=O) groups excluding carboxylic acids is 1. The van der Waals surface area contributed by atoms with E-state index in [-0.39, 0.29) is 29.9 Å². The van der Waals surface area contributed by atoms with Crippen LogP contribution in [0, 0.1) is 0 Å². The Morgan fingerprint density at radius 1 is 1.24 bits per heavy atom. The molecule has 1 aliphatic rings. The molecule has 1 saturated heterocycles. The standard InChI is InChI=1S/C21H26ClN5O.HI/c1-23-20(28)16-8-6-15(7-9-16)13-25-21(24-2)26-18-10-11-27(14-18)19-5-3-4-17(22)12-19;/h3-9,12,18H,10-11,13-14H2,1-2H3,(H,23,28)(H2,24,25,26);1H. The lowest BCUT2D eigenvalue weighted by molar-refractivity contribution is 0.0963. The summed E-state index contributed by atoms with van der Waals surface area (Å²) in [7, 11) is 3.40. The third-order valence-corrected chi connectivity index (χ3v) is 5.06. The maximum atomic E-state index is 11.6. The molecule has 3 N–H and O–H groups in total. The lowest BCUT2D eigenvalue weighted by atomic mass is 10.1. The van der Waals surface area contributed by atoms with Crippen LogP contribution in [-0.4, -0.2) is 45.1 Å². The minimum Gasteiger partial charge on any atom is -0.369 e. The maximum Gasteiger partial charge on any atom is 0.251 e. The molecule has 1 heterocycles. The first-order chi connectivity index (χ1) is 13.6. The molecule has 1 atom stereocenters. The van der Waals surface area contributed by atoms with Crippen molar-refractivity contribution in [2.75, 3.05) is 32.1 Å². The maximum absolute atomic E-state index is 11.6. The Morgan fingerprint density at radius 2 is 2.00 bits per heavy atom. The molecule has 1 unspecified atom stereocenters. The Bertz CT molecular complexity index is 843. The van der Waals surface area contributed by atoms with E-state index in [2.05, 4.69) is 31.9 Å². The number of rotatable bonds is 5. The molecule has 0 aliphatic carbocycles. The molecule has 156 valence electrons. The summed E-state index contributed by atoms with van der Waals surface area (Å²) in [5.41, 5.74) is 2.89. The van der Waals surface area contributed by atoms with Crippen LogP contribution in [-0.2, 0) is 6.54 Å². The van der Waals surface area contributed by atoms with Gasteiger partial charge in [0.1, 0.15) is 0 Å². The molecule has 0 aromatic heterocycles. The number of nitrogens with one attached hydrogen (secondary N) is 3. The summed E-state index contributed by atoms with van der Waals surface area (Å²) in [6, 6.07) is 15.8. The predicted octanol–water partition coefficient (Wildman–Crippen LogP) is 3.26. The van der Waals surface area contributed by atoms with Gasteiger partial charge in [-0.15, -0.1) is 24.0 Å². The van der Waals surface area contributed by atoms with Crippen molar-refractivity contribution >= 4 is 53.1 Å². The average Bonchev–Trinajstić information content (AvgIpc) is 3.19. The minimum absolute atomic E-state index is 0. The van der Waals surface area contributed by atoms with Gasteiger partial charge in [-0.05, 0) is 42.3 Å². The highest BCUT2D eigenvalue weighted by Gasteiger charge is 2.23. The number of hydrogen-bond acceptors (Lipinski definition) is 3. The second-order valence-electron chi connectivity index (χ2n) is 6.76. The number of amides is 1. The zero-order chi connectivity index (χ0) is 19.9. The summed E-state index contributed by atoms with van der Waals surface area (Å²) in [6.45, 7) is 2.52. The molecule has 8 heteroatoms. The zero-order valence-corrected chi connectivity index (χ0v) is 19.7. The van der Waals surface area contributed by atoms with E-state index in [4.69, 9.17) is 11.6 Å². The number of nitrogens with zero attached hydrogens (tertiary/aromatic N) is 2. The van der Waals surface area contributed by atoms with Crippen LogP contribution in [0.15, 0.2) is 53.5 Å². The Hall–Kier alpha value is -2.00. The fourth-order valence-electron chi connectivity index (χ4n) is 3.28. The number of guanidine groups is 1. The van der Waals surface area contributed by atoms with Gasteiger partial charge >= 0.3 is 0 Å². The van der Waals surface area contributed by atoms with Crippen LogP contribution in [0.2, 0.25) is 5.02 Å².